The number of hydrogen-bond acceptors (Lipinski definition) is 1. The van der Waals surface area contributed by atoms with Gasteiger partial charge in [0.1, 0.15) is 0 Å². The number of nitrogens with zero attached hydrogens (tertiary/aromatic N) is 1. The molecule has 0 aliphatic rings. The third-order valence-electron chi connectivity index (χ3n) is 1.08. The molecule has 1 aromatic carbocycles. The maximum absolute atomic E-state index is 12.4. The molecule has 0 aliphatic carbocycles. The van der Waals surface area contributed by atoms with Crippen LogP contribution in [0.25, 0.3) is 0 Å². The molecule has 3 heteroatoms. The van der Waals surface area contributed by atoms with Crippen molar-refractivity contribution in [2.75, 3.05) is 0 Å². The zero-order valence-electron chi connectivity index (χ0n) is 5.00. The van der Waals surface area contributed by atoms with E-state index in [0.717, 1.165) is 0 Å². The van der Waals surface area contributed by atoms with E-state index in [9.17, 15) is 4.39 Å². The summed E-state index contributed by atoms with van der Waals surface area (Å²) in [6.07, 6.45) is 0. The van der Waals surface area contributed by atoms with Crippen molar-refractivity contribution in [3.8, 4) is 6.07 Å². The minimum absolute atomic E-state index is 0.311. The van der Waals surface area contributed by atoms with Crippen LogP contribution in [-0.4, -0.2) is 16.9 Å². The van der Waals surface area contributed by atoms with E-state index in [-0.39, 0.29) is 5.82 Å². The van der Waals surface area contributed by atoms with Crippen LogP contribution in [0.4, 0.5) is 4.39 Å². The molecular weight excluding hydrogens is 192 g/mol. The first-order valence-electron chi connectivity index (χ1n) is 2.62. The van der Waals surface area contributed by atoms with Gasteiger partial charge in [-0.25, -0.2) is 0 Å². The Labute approximate surface area is 67.0 Å². The third-order valence-corrected chi connectivity index (χ3v) is 1.86. The summed E-state index contributed by atoms with van der Waals surface area (Å²) in [5.74, 6) is -0.311. The van der Waals surface area contributed by atoms with Gasteiger partial charge in [-0.1, -0.05) is 0 Å². The van der Waals surface area contributed by atoms with Crippen LogP contribution >= 0.6 is 0 Å². The van der Waals surface area contributed by atoms with Crippen LogP contribution < -0.4 is 4.35 Å². The van der Waals surface area contributed by atoms with E-state index in [0.29, 0.717) is 9.91 Å². The van der Waals surface area contributed by atoms with Crippen LogP contribution in [0.3, 0.4) is 0 Å². The monoisotopic (exact) mass is 195 g/mol. The normalized spacial score (nSPS) is 8.90. The van der Waals surface area contributed by atoms with Gasteiger partial charge in [-0.05, 0) is 0 Å². The van der Waals surface area contributed by atoms with Crippen LogP contribution in [0.1, 0.15) is 5.56 Å². The molecule has 1 nitrogen and oxygen atoms in total. The van der Waals surface area contributed by atoms with Crippen LogP contribution in [0.5, 0.6) is 0 Å². The minimum atomic E-state index is -0.311. The summed E-state index contributed by atoms with van der Waals surface area (Å²) in [5, 5.41) is 8.43. The van der Waals surface area contributed by atoms with E-state index >= 15 is 0 Å². The van der Waals surface area contributed by atoms with Gasteiger partial charge in [0.15, 0.2) is 0 Å². The molecule has 0 heterocycles. The average molecular weight is 195 g/mol. The van der Waals surface area contributed by atoms with Crippen molar-refractivity contribution in [3.63, 3.8) is 0 Å². The Kier molecular flexibility index (Phi) is 2.09. The molecule has 0 saturated carbocycles. The first kappa shape index (κ1) is 7.31. The topological polar surface area (TPSA) is 23.8 Å². The van der Waals surface area contributed by atoms with Crippen molar-refractivity contribution in [1.29, 1.82) is 5.26 Å². The summed E-state index contributed by atoms with van der Waals surface area (Å²) in [6.45, 7) is 0. The molecule has 0 unspecified atom stereocenters. The van der Waals surface area contributed by atoms with E-state index in [4.69, 9.17) is 5.26 Å². The van der Waals surface area contributed by atoms with Crippen LogP contribution in [0.15, 0.2) is 18.2 Å². The molecule has 48 valence electrons. The van der Waals surface area contributed by atoms with E-state index in [1.54, 1.807) is 0 Å². The fraction of sp³-hybridized carbons (Fsp3) is 0. The number of halogens is 1. The fourth-order valence-electron chi connectivity index (χ4n) is 0.599. The number of rotatable bonds is 0. The Bertz CT molecular complexity index is 290. The van der Waals surface area contributed by atoms with Gasteiger partial charge in [-0.15, -0.1) is 0 Å². The van der Waals surface area contributed by atoms with E-state index in [1.165, 1.54) is 18.2 Å². The molecule has 0 aliphatic heterocycles. The van der Waals surface area contributed by atoms with Gasteiger partial charge in [-0.3, -0.25) is 0 Å². The molecule has 0 bridgehead atoms. The van der Waals surface area contributed by atoms with Crippen LogP contribution in [-0.2, 0) is 0 Å². The van der Waals surface area contributed by atoms with Crippen molar-refractivity contribution in [3.05, 3.63) is 29.6 Å². The van der Waals surface area contributed by atoms with Crippen molar-refractivity contribution >= 4 is 21.2 Å². The molecular formula is C7H3AsFN. The molecule has 0 amide bonds. The number of nitriles is 1. The van der Waals surface area contributed by atoms with Crippen molar-refractivity contribution in [2.45, 2.75) is 0 Å². The van der Waals surface area contributed by atoms with Crippen LogP contribution in [0.2, 0.25) is 0 Å². The average Bonchev–Trinajstić information content (AvgIpc) is 1.88. The quantitative estimate of drug-likeness (QED) is 0.552. The molecule has 10 heavy (non-hydrogen) atoms. The Morgan fingerprint density at radius 1 is 1.50 bits per heavy atom. The van der Waals surface area contributed by atoms with Crippen molar-refractivity contribution < 1.29 is 4.39 Å². The molecule has 0 aromatic heterocycles. The van der Waals surface area contributed by atoms with Crippen molar-refractivity contribution in [2.24, 2.45) is 0 Å². The van der Waals surface area contributed by atoms with Gasteiger partial charge >= 0.3 is 66.5 Å². The summed E-state index contributed by atoms with van der Waals surface area (Å²) >= 11 is 2.15. The van der Waals surface area contributed by atoms with Crippen molar-refractivity contribution in [1.82, 2.24) is 0 Å². The first-order chi connectivity index (χ1) is 4.74. The predicted octanol–water partition coefficient (Wildman–Crippen LogP) is 0.491. The Morgan fingerprint density at radius 3 is 2.70 bits per heavy atom. The molecule has 0 N–H and O–H groups in total. The molecule has 1 rings (SSSR count). The first-order valence-corrected chi connectivity index (χ1v) is 3.56. The Morgan fingerprint density at radius 2 is 2.20 bits per heavy atom. The van der Waals surface area contributed by atoms with Gasteiger partial charge in [-0.2, -0.15) is 0 Å². The summed E-state index contributed by atoms with van der Waals surface area (Å²) in [7, 11) is 0. The van der Waals surface area contributed by atoms with E-state index in [1.807, 2.05) is 6.07 Å². The Balaban J connectivity index is 3.23. The molecule has 0 spiro atoms. The molecule has 1 aromatic rings. The van der Waals surface area contributed by atoms with Gasteiger partial charge in [0.2, 0.25) is 0 Å². The standard InChI is InChI=1S/C7H3AsFN/c8-7-3-6(9)2-1-5(7)4-10/h1-3H. The number of benzene rings is 1. The van der Waals surface area contributed by atoms with Gasteiger partial charge in [0, 0.05) is 0 Å². The predicted molar refractivity (Wildman–Crippen MR) is 36.5 cm³/mol. The van der Waals surface area contributed by atoms with E-state index < -0.39 is 0 Å². The second kappa shape index (κ2) is 2.85. The zero-order chi connectivity index (χ0) is 7.56. The van der Waals surface area contributed by atoms with Gasteiger partial charge in [0.05, 0.1) is 0 Å². The molecule has 0 fully saturated rings. The fourth-order valence-corrected chi connectivity index (χ4v) is 1.12. The third kappa shape index (κ3) is 1.37. The summed E-state index contributed by atoms with van der Waals surface area (Å²) in [4.78, 5) is 0. The summed E-state index contributed by atoms with van der Waals surface area (Å²) < 4.78 is 13.0. The van der Waals surface area contributed by atoms with Crippen LogP contribution in [0, 0.1) is 17.1 Å². The zero-order valence-corrected chi connectivity index (χ0v) is 6.88. The van der Waals surface area contributed by atoms with Gasteiger partial charge < -0.3 is 0 Å². The molecule has 0 atom stereocenters. The van der Waals surface area contributed by atoms with E-state index in [2.05, 4.69) is 16.9 Å². The Hall–Kier alpha value is -0.802. The molecule has 0 saturated heterocycles. The number of hydrogen-bond donors (Lipinski definition) is 0. The van der Waals surface area contributed by atoms with Gasteiger partial charge in [0.25, 0.3) is 0 Å². The summed E-state index contributed by atoms with van der Waals surface area (Å²) in [5.41, 5.74) is 0.501. The summed E-state index contributed by atoms with van der Waals surface area (Å²) in [6, 6.07) is 5.99. The molecule has 2 radical (unpaired) electrons. The maximum atomic E-state index is 12.4. The second-order valence-electron chi connectivity index (χ2n) is 1.77. The SMILES string of the molecule is N#Cc1ccc(F)cc1[As]. The second-order valence-corrected chi connectivity index (χ2v) is 2.78.